The van der Waals surface area contributed by atoms with Crippen LogP contribution in [-0.4, -0.2) is 17.0 Å². The SMILES string of the molecule is CNc1cncc(Oc2ccc(Br)cc2)n1. The zero-order valence-electron chi connectivity index (χ0n) is 8.64. The fraction of sp³-hybridized carbons (Fsp3) is 0.0909. The molecule has 0 spiro atoms. The van der Waals surface area contributed by atoms with Gasteiger partial charge in [-0.05, 0) is 24.3 Å². The largest absolute Gasteiger partial charge is 0.437 e. The summed E-state index contributed by atoms with van der Waals surface area (Å²) in [6.45, 7) is 0. The average molecular weight is 280 g/mol. The van der Waals surface area contributed by atoms with Crippen LogP contribution in [-0.2, 0) is 0 Å². The zero-order valence-corrected chi connectivity index (χ0v) is 10.2. The van der Waals surface area contributed by atoms with E-state index in [0.29, 0.717) is 11.7 Å². The van der Waals surface area contributed by atoms with Crippen molar-refractivity contribution in [3.05, 3.63) is 41.1 Å². The molecule has 0 radical (unpaired) electrons. The first-order chi connectivity index (χ1) is 7.78. The van der Waals surface area contributed by atoms with Crippen LogP contribution < -0.4 is 10.1 Å². The van der Waals surface area contributed by atoms with Crippen LogP contribution >= 0.6 is 15.9 Å². The van der Waals surface area contributed by atoms with E-state index >= 15 is 0 Å². The van der Waals surface area contributed by atoms with Crippen molar-refractivity contribution in [2.75, 3.05) is 12.4 Å². The highest BCUT2D eigenvalue weighted by molar-refractivity contribution is 9.10. The maximum atomic E-state index is 5.54. The standard InChI is InChI=1S/C11H10BrN3O/c1-13-10-6-14-7-11(15-10)16-9-4-2-8(12)3-5-9/h2-7H,1H3,(H,13,15). The van der Waals surface area contributed by atoms with Gasteiger partial charge in [0.05, 0.1) is 12.4 Å². The molecule has 0 fully saturated rings. The summed E-state index contributed by atoms with van der Waals surface area (Å²) in [5.41, 5.74) is 0. The van der Waals surface area contributed by atoms with E-state index in [1.165, 1.54) is 0 Å². The molecule has 0 aliphatic heterocycles. The Morgan fingerprint density at radius 3 is 2.62 bits per heavy atom. The van der Waals surface area contributed by atoms with Crippen LogP contribution in [0.5, 0.6) is 11.6 Å². The molecule has 0 atom stereocenters. The van der Waals surface area contributed by atoms with Gasteiger partial charge in [-0.15, -0.1) is 0 Å². The molecule has 2 aromatic rings. The van der Waals surface area contributed by atoms with Crippen molar-refractivity contribution < 1.29 is 4.74 Å². The second kappa shape index (κ2) is 4.94. The highest BCUT2D eigenvalue weighted by Gasteiger charge is 2.00. The number of hydrogen-bond donors (Lipinski definition) is 1. The Hall–Kier alpha value is -1.62. The quantitative estimate of drug-likeness (QED) is 0.938. The fourth-order valence-electron chi connectivity index (χ4n) is 1.14. The number of hydrogen-bond acceptors (Lipinski definition) is 4. The number of nitrogens with zero attached hydrogens (tertiary/aromatic N) is 2. The van der Waals surface area contributed by atoms with Crippen molar-refractivity contribution in [1.29, 1.82) is 0 Å². The smallest absolute Gasteiger partial charge is 0.239 e. The molecule has 0 aliphatic rings. The lowest BCUT2D eigenvalue weighted by Gasteiger charge is -2.05. The molecule has 16 heavy (non-hydrogen) atoms. The lowest BCUT2D eigenvalue weighted by Crippen LogP contribution is -1.95. The molecule has 0 saturated heterocycles. The third-order valence-corrected chi connectivity index (χ3v) is 2.43. The average Bonchev–Trinajstić information content (AvgIpc) is 2.32. The molecule has 0 saturated carbocycles. The van der Waals surface area contributed by atoms with Crippen LogP contribution in [0.25, 0.3) is 0 Å². The Bertz CT molecular complexity index is 473. The van der Waals surface area contributed by atoms with Crippen LogP contribution in [0.15, 0.2) is 41.1 Å². The highest BCUT2D eigenvalue weighted by Crippen LogP contribution is 2.21. The van der Waals surface area contributed by atoms with Crippen LogP contribution in [0.3, 0.4) is 0 Å². The minimum absolute atomic E-state index is 0.467. The monoisotopic (exact) mass is 279 g/mol. The lowest BCUT2D eigenvalue weighted by atomic mass is 10.3. The molecular weight excluding hydrogens is 270 g/mol. The Morgan fingerprint density at radius 2 is 1.94 bits per heavy atom. The number of aromatic nitrogens is 2. The van der Waals surface area contributed by atoms with Crippen LogP contribution in [0, 0.1) is 0 Å². The summed E-state index contributed by atoms with van der Waals surface area (Å²) >= 11 is 3.36. The van der Waals surface area contributed by atoms with E-state index in [0.717, 1.165) is 10.2 Å². The van der Waals surface area contributed by atoms with E-state index in [9.17, 15) is 0 Å². The van der Waals surface area contributed by atoms with Gasteiger partial charge in [0.1, 0.15) is 11.6 Å². The maximum absolute atomic E-state index is 5.54. The van der Waals surface area contributed by atoms with Gasteiger partial charge in [0, 0.05) is 11.5 Å². The molecule has 2 rings (SSSR count). The summed E-state index contributed by atoms with van der Waals surface area (Å²) in [5.74, 6) is 1.87. The second-order valence-corrected chi connectivity index (χ2v) is 3.96. The highest BCUT2D eigenvalue weighted by atomic mass is 79.9. The number of halogens is 1. The summed E-state index contributed by atoms with van der Waals surface area (Å²) in [5, 5.41) is 2.90. The van der Waals surface area contributed by atoms with Gasteiger partial charge in [-0.2, -0.15) is 4.98 Å². The Kier molecular flexibility index (Phi) is 3.36. The minimum Gasteiger partial charge on any atom is -0.437 e. The molecule has 0 aliphatic carbocycles. The van der Waals surface area contributed by atoms with Crippen molar-refractivity contribution in [2.45, 2.75) is 0 Å². The van der Waals surface area contributed by atoms with Crippen molar-refractivity contribution >= 4 is 21.7 Å². The molecule has 0 unspecified atom stereocenters. The predicted molar refractivity (Wildman–Crippen MR) is 65.8 cm³/mol. The first-order valence-corrected chi connectivity index (χ1v) is 5.50. The number of benzene rings is 1. The summed E-state index contributed by atoms with van der Waals surface area (Å²) < 4.78 is 6.55. The van der Waals surface area contributed by atoms with E-state index in [1.807, 2.05) is 24.3 Å². The number of ether oxygens (including phenoxy) is 1. The first-order valence-electron chi connectivity index (χ1n) is 4.71. The van der Waals surface area contributed by atoms with E-state index in [-0.39, 0.29) is 0 Å². The number of anilines is 1. The van der Waals surface area contributed by atoms with Gasteiger partial charge in [-0.1, -0.05) is 15.9 Å². The van der Waals surface area contributed by atoms with Gasteiger partial charge in [0.15, 0.2) is 0 Å². The molecule has 4 nitrogen and oxygen atoms in total. The van der Waals surface area contributed by atoms with Crippen LogP contribution in [0.4, 0.5) is 5.82 Å². The van der Waals surface area contributed by atoms with Gasteiger partial charge in [-0.3, -0.25) is 4.98 Å². The van der Waals surface area contributed by atoms with Gasteiger partial charge >= 0.3 is 0 Å². The Labute approximate surface area is 102 Å². The van der Waals surface area contributed by atoms with E-state index in [1.54, 1.807) is 19.4 Å². The molecule has 1 N–H and O–H groups in total. The van der Waals surface area contributed by atoms with E-state index in [2.05, 4.69) is 31.2 Å². The van der Waals surface area contributed by atoms with E-state index in [4.69, 9.17) is 4.74 Å². The van der Waals surface area contributed by atoms with Crippen molar-refractivity contribution in [3.63, 3.8) is 0 Å². The van der Waals surface area contributed by atoms with Gasteiger partial charge in [0.2, 0.25) is 5.88 Å². The fourth-order valence-corrected chi connectivity index (χ4v) is 1.41. The molecule has 1 aromatic carbocycles. The van der Waals surface area contributed by atoms with Crippen molar-refractivity contribution in [3.8, 4) is 11.6 Å². The van der Waals surface area contributed by atoms with Crippen molar-refractivity contribution in [2.24, 2.45) is 0 Å². The first kappa shape index (κ1) is 10.9. The van der Waals surface area contributed by atoms with Gasteiger partial charge < -0.3 is 10.1 Å². The summed E-state index contributed by atoms with van der Waals surface area (Å²) in [4.78, 5) is 8.21. The molecule has 0 bridgehead atoms. The number of rotatable bonds is 3. The lowest BCUT2D eigenvalue weighted by molar-refractivity contribution is 0.461. The van der Waals surface area contributed by atoms with Crippen molar-refractivity contribution in [1.82, 2.24) is 9.97 Å². The molecule has 1 heterocycles. The van der Waals surface area contributed by atoms with Gasteiger partial charge in [-0.25, -0.2) is 0 Å². The normalized spacial score (nSPS) is 9.88. The predicted octanol–water partition coefficient (Wildman–Crippen LogP) is 3.07. The summed E-state index contributed by atoms with van der Waals surface area (Å²) in [6, 6.07) is 7.53. The zero-order chi connectivity index (χ0) is 11.4. The number of nitrogens with one attached hydrogen (secondary N) is 1. The van der Waals surface area contributed by atoms with Crippen LogP contribution in [0.1, 0.15) is 0 Å². The molecule has 5 heteroatoms. The van der Waals surface area contributed by atoms with Gasteiger partial charge in [0.25, 0.3) is 0 Å². The second-order valence-electron chi connectivity index (χ2n) is 3.05. The summed E-state index contributed by atoms with van der Waals surface area (Å²) in [7, 11) is 1.79. The Morgan fingerprint density at radius 1 is 1.19 bits per heavy atom. The molecule has 1 aromatic heterocycles. The van der Waals surface area contributed by atoms with Crippen LogP contribution in [0.2, 0.25) is 0 Å². The Balaban J connectivity index is 2.16. The molecular formula is C11H10BrN3O. The topological polar surface area (TPSA) is 47.0 Å². The summed E-state index contributed by atoms with van der Waals surface area (Å²) in [6.07, 6.45) is 3.21. The third-order valence-electron chi connectivity index (χ3n) is 1.90. The molecule has 0 amide bonds. The van der Waals surface area contributed by atoms with E-state index < -0.39 is 0 Å². The maximum Gasteiger partial charge on any atom is 0.239 e. The minimum atomic E-state index is 0.467. The molecule has 82 valence electrons. The third kappa shape index (κ3) is 2.70.